The van der Waals surface area contributed by atoms with Gasteiger partial charge in [-0.2, -0.15) is 0 Å². The molecule has 0 saturated heterocycles. The highest BCUT2D eigenvalue weighted by molar-refractivity contribution is 5.98. The number of carbonyl (C=O) groups is 1. The third kappa shape index (κ3) is 2.87. The summed E-state index contributed by atoms with van der Waals surface area (Å²) >= 11 is 0. The molecule has 20 heavy (non-hydrogen) atoms. The van der Waals surface area contributed by atoms with E-state index in [1.807, 2.05) is 0 Å². The molecular formula is C13H18N4O3. The molecule has 1 saturated carbocycles. The van der Waals surface area contributed by atoms with Gasteiger partial charge in [0.1, 0.15) is 17.6 Å². The van der Waals surface area contributed by atoms with E-state index in [0.717, 1.165) is 12.6 Å². The van der Waals surface area contributed by atoms with E-state index in [4.69, 9.17) is 0 Å². The van der Waals surface area contributed by atoms with E-state index in [-0.39, 0.29) is 16.7 Å². The van der Waals surface area contributed by atoms with Crippen LogP contribution in [0.2, 0.25) is 0 Å². The highest BCUT2D eigenvalue weighted by Gasteiger charge is 2.45. The van der Waals surface area contributed by atoms with Crippen molar-refractivity contribution in [1.29, 1.82) is 0 Å². The Hall–Kier alpha value is -2.18. The number of carbonyl (C=O) groups excluding carboxylic acids is 1. The van der Waals surface area contributed by atoms with Crippen LogP contribution in [0.4, 0.5) is 11.5 Å². The third-order valence-corrected chi connectivity index (χ3v) is 3.81. The number of anilines is 1. The zero-order valence-electron chi connectivity index (χ0n) is 11.8. The molecule has 1 heterocycles. The van der Waals surface area contributed by atoms with E-state index in [2.05, 4.69) is 29.5 Å². The van der Waals surface area contributed by atoms with E-state index in [9.17, 15) is 14.9 Å². The molecular weight excluding hydrogens is 260 g/mol. The van der Waals surface area contributed by atoms with Gasteiger partial charge in [0.05, 0.1) is 4.92 Å². The van der Waals surface area contributed by atoms with Gasteiger partial charge in [0.15, 0.2) is 0 Å². The summed E-state index contributed by atoms with van der Waals surface area (Å²) in [5.74, 6) is 0.432. The van der Waals surface area contributed by atoms with Gasteiger partial charge in [0, 0.05) is 19.7 Å². The lowest BCUT2D eigenvalue weighted by atomic mass is 10.1. The standard InChI is InChI=1S/C13H18N4O3/c1-13(2)5-8(13)6-16-12(18)9-4-11(14-3)15-7-10(9)17(19)20/h4,7-8H,5-6H2,1-3H3,(H,14,15)(H,16,18). The molecule has 108 valence electrons. The topological polar surface area (TPSA) is 97.2 Å². The number of amides is 1. The number of nitrogens with one attached hydrogen (secondary N) is 2. The van der Waals surface area contributed by atoms with Crippen molar-refractivity contribution in [3.05, 3.63) is 27.9 Å². The second-order valence-electron chi connectivity index (χ2n) is 5.69. The zero-order valence-corrected chi connectivity index (χ0v) is 11.8. The summed E-state index contributed by atoms with van der Waals surface area (Å²) in [7, 11) is 1.64. The lowest BCUT2D eigenvalue weighted by Gasteiger charge is -2.08. The molecule has 1 atom stereocenters. The number of nitrogens with zero attached hydrogens (tertiary/aromatic N) is 2. The maximum Gasteiger partial charge on any atom is 0.300 e. The van der Waals surface area contributed by atoms with Crippen LogP contribution in [0.5, 0.6) is 0 Å². The highest BCUT2D eigenvalue weighted by Crippen LogP contribution is 2.51. The largest absolute Gasteiger partial charge is 0.373 e. The van der Waals surface area contributed by atoms with Crippen molar-refractivity contribution in [2.24, 2.45) is 11.3 Å². The molecule has 1 fully saturated rings. The molecule has 2 N–H and O–H groups in total. The van der Waals surface area contributed by atoms with Crippen LogP contribution in [-0.2, 0) is 0 Å². The molecule has 1 aromatic rings. The Bertz CT molecular complexity index is 557. The molecule has 7 heteroatoms. The Morgan fingerprint density at radius 1 is 1.60 bits per heavy atom. The zero-order chi connectivity index (χ0) is 14.9. The van der Waals surface area contributed by atoms with Crippen molar-refractivity contribution in [2.75, 3.05) is 18.9 Å². The van der Waals surface area contributed by atoms with Gasteiger partial charge in [-0.3, -0.25) is 14.9 Å². The fourth-order valence-corrected chi connectivity index (χ4v) is 2.15. The molecule has 1 unspecified atom stereocenters. The van der Waals surface area contributed by atoms with Crippen LogP contribution in [-0.4, -0.2) is 29.4 Å². The summed E-state index contributed by atoms with van der Waals surface area (Å²) < 4.78 is 0. The Kier molecular flexibility index (Phi) is 3.61. The first-order valence-corrected chi connectivity index (χ1v) is 6.45. The molecule has 0 aliphatic heterocycles. The number of hydrogen-bond acceptors (Lipinski definition) is 5. The van der Waals surface area contributed by atoms with Gasteiger partial charge in [0.25, 0.3) is 11.6 Å². The van der Waals surface area contributed by atoms with Crippen molar-refractivity contribution in [1.82, 2.24) is 10.3 Å². The van der Waals surface area contributed by atoms with Crippen molar-refractivity contribution in [3.63, 3.8) is 0 Å². The lowest BCUT2D eigenvalue weighted by molar-refractivity contribution is -0.385. The molecule has 1 aliphatic rings. The first-order chi connectivity index (χ1) is 9.35. The molecule has 2 rings (SSSR count). The molecule has 1 aliphatic carbocycles. The Morgan fingerprint density at radius 3 is 2.75 bits per heavy atom. The highest BCUT2D eigenvalue weighted by atomic mass is 16.6. The number of rotatable bonds is 5. The average Bonchev–Trinajstić information content (AvgIpc) is 3.02. The van der Waals surface area contributed by atoms with Gasteiger partial charge >= 0.3 is 0 Å². The number of pyridine rings is 1. The van der Waals surface area contributed by atoms with E-state index in [0.29, 0.717) is 18.3 Å². The number of hydrogen-bond donors (Lipinski definition) is 2. The third-order valence-electron chi connectivity index (χ3n) is 3.81. The fourth-order valence-electron chi connectivity index (χ4n) is 2.15. The molecule has 0 spiro atoms. The van der Waals surface area contributed by atoms with Crippen LogP contribution in [0.15, 0.2) is 12.3 Å². The van der Waals surface area contributed by atoms with Gasteiger partial charge in [-0.1, -0.05) is 13.8 Å². The molecule has 1 amide bonds. The first-order valence-electron chi connectivity index (χ1n) is 6.45. The molecule has 0 radical (unpaired) electrons. The lowest BCUT2D eigenvalue weighted by Crippen LogP contribution is -2.27. The predicted molar refractivity (Wildman–Crippen MR) is 74.7 cm³/mol. The maximum atomic E-state index is 12.1. The first kappa shape index (κ1) is 14.2. The second kappa shape index (κ2) is 5.07. The van der Waals surface area contributed by atoms with Gasteiger partial charge in [-0.15, -0.1) is 0 Å². The predicted octanol–water partition coefficient (Wildman–Crippen LogP) is 1.81. The van der Waals surface area contributed by atoms with Crippen molar-refractivity contribution in [2.45, 2.75) is 20.3 Å². The summed E-state index contributed by atoms with van der Waals surface area (Å²) in [5.41, 5.74) is 0.0116. The summed E-state index contributed by atoms with van der Waals surface area (Å²) in [5, 5.41) is 16.5. The van der Waals surface area contributed by atoms with Gasteiger partial charge < -0.3 is 10.6 Å². The van der Waals surface area contributed by atoms with E-state index < -0.39 is 10.8 Å². The van der Waals surface area contributed by atoms with Crippen LogP contribution >= 0.6 is 0 Å². The molecule has 1 aromatic heterocycles. The van der Waals surface area contributed by atoms with Crippen LogP contribution in [0, 0.1) is 21.4 Å². The van der Waals surface area contributed by atoms with Crippen LogP contribution in [0.3, 0.4) is 0 Å². The van der Waals surface area contributed by atoms with Crippen LogP contribution in [0.1, 0.15) is 30.6 Å². The summed E-state index contributed by atoms with van der Waals surface area (Å²) in [6.07, 6.45) is 2.16. The summed E-state index contributed by atoms with van der Waals surface area (Å²) in [6.45, 7) is 4.82. The van der Waals surface area contributed by atoms with E-state index in [1.54, 1.807) is 7.05 Å². The SMILES string of the molecule is CNc1cc(C(=O)NCC2CC2(C)C)c([N+](=O)[O-])cn1. The van der Waals surface area contributed by atoms with Crippen molar-refractivity contribution < 1.29 is 9.72 Å². The van der Waals surface area contributed by atoms with Gasteiger partial charge in [0.2, 0.25) is 0 Å². The average molecular weight is 278 g/mol. The monoisotopic (exact) mass is 278 g/mol. The molecule has 0 bridgehead atoms. The van der Waals surface area contributed by atoms with Crippen molar-refractivity contribution >= 4 is 17.4 Å². The minimum atomic E-state index is -0.595. The maximum absolute atomic E-state index is 12.1. The Labute approximate surface area is 116 Å². The van der Waals surface area contributed by atoms with Gasteiger partial charge in [-0.05, 0) is 17.8 Å². The summed E-state index contributed by atoms with van der Waals surface area (Å²) in [6, 6.07) is 1.39. The molecule has 7 nitrogen and oxygen atoms in total. The quantitative estimate of drug-likeness (QED) is 0.632. The van der Waals surface area contributed by atoms with E-state index >= 15 is 0 Å². The number of nitro groups is 1. The van der Waals surface area contributed by atoms with Crippen LogP contribution in [0.25, 0.3) is 0 Å². The van der Waals surface area contributed by atoms with Crippen molar-refractivity contribution in [3.8, 4) is 0 Å². The summed E-state index contributed by atoms with van der Waals surface area (Å²) in [4.78, 5) is 26.3. The second-order valence-corrected chi connectivity index (χ2v) is 5.69. The fraction of sp³-hybridized carbons (Fsp3) is 0.538. The minimum absolute atomic E-state index is 0.0350. The van der Waals surface area contributed by atoms with Gasteiger partial charge in [-0.25, -0.2) is 4.98 Å². The van der Waals surface area contributed by atoms with Crippen LogP contribution < -0.4 is 10.6 Å². The minimum Gasteiger partial charge on any atom is -0.373 e. The Morgan fingerprint density at radius 2 is 2.25 bits per heavy atom. The normalized spacial score (nSPS) is 19.2. The smallest absolute Gasteiger partial charge is 0.300 e. The van der Waals surface area contributed by atoms with E-state index in [1.165, 1.54) is 6.07 Å². The Balaban J connectivity index is 2.13. The molecule has 0 aromatic carbocycles. The number of aromatic nitrogens is 1.